The molecule has 0 spiro atoms. The van der Waals surface area contributed by atoms with E-state index < -0.39 is 11.4 Å². The number of nitrogens with zero attached hydrogens (tertiary/aromatic N) is 2. The van der Waals surface area contributed by atoms with Gasteiger partial charge in [0.25, 0.3) is 0 Å². The van der Waals surface area contributed by atoms with Crippen LogP contribution in [0, 0.1) is 0 Å². The first-order valence-corrected chi connectivity index (χ1v) is 7.86. The molecule has 0 fully saturated rings. The van der Waals surface area contributed by atoms with Crippen LogP contribution >= 0.6 is 15.9 Å². The smallest absolute Gasteiger partial charge is 0.144 e. The van der Waals surface area contributed by atoms with Crippen LogP contribution in [0.15, 0.2) is 27.3 Å². The Kier molecular flexibility index (Phi) is 5.82. The highest BCUT2D eigenvalue weighted by Crippen LogP contribution is 2.20. The van der Waals surface area contributed by atoms with Crippen molar-refractivity contribution in [3.05, 3.63) is 28.5 Å². The number of pyridine rings is 1. The molecule has 0 amide bonds. The molecule has 0 unspecified atom stereocenters. The van der Waals surface area contributed by atoms with Crippen molar-refractivity contribution < 1.29 is 4.55 Å². The Bertz CT molecular complexity index is 429. The zero-order chi connectivity index (χ0) is 13.8. The van der Waals surface area contributed by atoms with Crippen molar-refractivity contribution in [2.24, 2.45) is 4.40 Å². The van der Waals surface area contributed by atoms with Crippen molar-refractivity contribution in [3.8, 4) is 0 Å². The summed E-state index contributed by atoms with van der Waals surface area (Å²) in [6, 6.07) is 3.81. The first kappa shape index (κ1) is 15.7. The molecule has 0 saturated carbocycles. The van der Waals surface area contributed by atoms with Crippen molar-refractivity contribution in [1.82, 2.24) is 4.98 Å². The molecule has 3 nitrogen and oxygen atoms in total. The van der Waals surface area contributed by atoms with Gasteiger partial charge in [0.15, 0.2) is 0 Å². The highest BCUT2D eigenvalue weighted by atomic mass is 79.9. The average molecular weight is 331 g/mol. The highest BCUT2D eigenvalue weighted by Gasteiger charge is 2.27. The highest BCUT2D eigenvalue weighted by molar-refractivity contribution is 9.10. The topological polar surface area (TPSA) is 48.3 Å². The molecule has 0 aliphatic heterocycles. The molecular formula is C13H19BrN2OS. The van der Waals surface area contributed by atoms with Crippen LogP contribution in [0.2, 0.25) is 0 Å². The third-order valence-electron chi connectivity index (χ3n) is 2.26. The van der Waals surface area contributed by atoms with Gasteiger partial charge in [-0.2, -0.15) is 0 Å². The molecule has 5 heteroatoms. The summed E-state index contributed by atoms with van der Waals surface area (Å²) in [7, 11) is 0. The normalized spacial score (nSPS) is 14.7. The SMILES string of the molecule is CCC/C(=N\[S@+]([O-])C(C)(C)C)c1ccnc(Br)c1. The fraction of sp³-hybridized carbons (Fsp3) is 0.538. The standard InChI is InChI=1S/C13H19BrN2OS/c1-5-6-11(16-18(17)13(2,3)4)10-7-8-15-12(14)9-10/h7-9H,5-6H2,1-4H3/b16-11+/t18-/m1/s1. The zero-order valence-electron chi connectivity index (χ0n) is 11.2. The van der Waals surface area contributed by atoms with Gasteiger partial charge in [-0.1, -0.05) is 17.7 Å². The molecular weight excluding hydrogens is 312 g/mol. The Labute approximate surface area is 121 Å². The first-order valence-electron chi connectivity index (χ1n) is 5.96. The number of rotatable bonds is 4. The summed E-state index contributed by atoms with van der Waals surface area (Å²) in [5.41, 5.74) is 1.87. The van der Waals surface area contributed by atoms with Crippen LogP contribution in [-0.4, -0.2) is 20.0 Å². The summed E-state index contributed by atoms with van der Waals surface area (Å²) in [6.45, 7) is 7.88. The van der Waals surface area contributed by atoms with E-state index in [-0.39, 0.29) is 4.75 Å². The second-order valence-electron chi connectivity index (χ2n) is 5.02. The molecule has 0 aliphatic carbocycles. The van der Waals surface area contributed by atoms with Gasteiger partial charge in [-0.25, -0.2) is 4.98 Å². The van der Waals surface area contributed by atoms with Crippen molar-refractivity contribution in [2.75, 3.05) is 0 Å². The molecule has 18 heavy (non-hydrogen) atoms. The van der Waals surface area contributed by atoms with Crippen molar-refractivity contribution in [3.63, 3.8) is 0 Å². The zero-order valence-corrected chi connectivity index (χ0v) is 13.6. The van der Waals surface area contributed by atoms with Crippen molar-refractivity contribution in [1.29, 1.82) is 0 Å². The molecule has 0 radical (unpaired) electrons. The predicted octanol–water partition coefficient (Wildman–Crippen LogP) is 3.90. The summed E-state index contributed by atoms with van der Waals surface area (Å²) in [4.78, 5) is 4.10. The van der Waals surface area contributed by atoms with Gasteiger partial charge in [0.2, 0.25) is 0 Å². The molecule has 0 saturated heterocycles. The molecule has 100 valence electrons. The molecule has 0 aromatic carbocycles. The molecule has 1 atom stereocenters. The lowest BCUT2D eigenvalue weighted by molar-refractivity contribution is 0.561. The predicted molar refractivity (Wildman–Crippen MR) is 81.3 cm³/mol. The van der Waals surface area contributed by atoms with Crippen LogP contribution in [0.25, 0.3) is 0 Å². The summed E-state index contributed by atoms with van der Waals surface area (Å²) in [5, 5.41) is 0. The molecule has 1 heterocycles. The summed E-state index contributed by atoms with van der Waals surface area (Å²) < 4.78 is 16.9. The van der Waals surface area contributed by atoms with Gasteiger partial charge in [-0.05, 0) is 55.3 Å². The second-order valence-corrected chi connectivity index (χ2v) is 7.73. The van der Waals surface area contributed by atoms with Crippen LogP contribution in [0.4, 0.5) is 0 Å². The fourth-order valence-electron chi connectivity index (χ4n) is 1.30. The van der Waals surface area contributed by atoms with E-state index in [1.807, 2.05) is 32.9 Å². The molecule has 1 rings (SSSR count). The first-order chi connectivity index (χ1) is 8.34. The maximum absolute atomic E-state index is 12.1. The Balaban J connectivity index is 3.06. The minimum absolute atomic E-state index is 0.330. The van der Waals surface area contributed by atoms with E-state index in [1.165, 1.54) is 0 Å². The summed E-state index contributed by atoms with van der Waals surface area (Å²) >= 11 is 2.12. The molecule has 1 aromatic heterocycles. The largest absolute Gasteiger partial charge is 0.591 e. The van der Waals surface area contributed by atoms with E-state index >= 15 is 0 Å². The van der Waals surface area contributed by atoms with Gasteiger partial charge in [-0.3, -0.25) is 0 Å². The number of halogens is 1. The Hall–Kier alpha value is -0.390. The Morgan fingerprint density at radius 3 is 2.67 bits per heavy atom. The van der Waals surface area contributed by atoms with Crippen LogP contribution in [0.5, 0.6) is 0 Å². The van der Waals surface area contributed by atoms with Crippen LogP contribution in [0.1, 0.15) is 46.1 Å². The molecule has 0 aliphatic rings. The number of hydrogen-bond acceptors (Lipinski definition) is 3. The lowest BCUT2D eigenvalue weighted by Crippen LogP contribution is -2.27. The van der Waals surface area contributed by atoms with E-state index in [0.717, 1.165) is 28.7 Å². The Morgan fingerprint density at radius 1 is 1.50 bits per heavy atom. The molecule has 0 bridgehead atoms. The third-order valence-corrected chi connectivity index (χ3v) is 4.13. The maximum atomic E-state index is 12.1. The van der Waals surface area contributed by atoms with Gasteiger partial charge in [0, 0.05) is 11.8 Å². The number of aromatic nitrogens is 1. The van der Waals surface area contributed by atoms with Gasteiger partial charge in [-0.15, -0.1) is 0 Å². The van der Waals surface area contributed by atoms with E-state index in [1.54, 1.807) is 6.20 Å². The lowest BCUT2D eigenvalue weighted by atomic mass is 10.1. The minimum Gasteiger partial charge on any atom is -0.591 e. The van der Waals surface area contributed by atoms with Gasteiger partial charge in [0.05, 0.1) is 5.71 Å². The lowest BCUT2D eigenvalue weighted by Gasteiger charge is -2.19. The van der Waals surface area contributed by atoms with Crippen LogP contribution in [0.3, 0.4) is 0 Å². The van der Waals surface area contributed by atoms with Crippen LogP contribution < -0.4 is 0 Å². The van der Waals surface area contributed by atoms with E-state index in [9.17, 15) is 4.55 Å². The maximum Gasteiger partial charge on any atom is 0.144 e. The minimum atomic E-state index is -1.22. The number of hydrogen-bond donors (Lipinski definition) is 0. The van der Waals surface area contributed by atoms with Crippen LogP contribution in [-0.2, 0) is 11.4 Å². The summed E-state index contributed by atoms with van der Waals surface area (Å²) in [6.07, 6.45) is 3.52. The van der Waals surface area contributed by atoms with E-state index in [4.69, 9.17) is 0 Å². The molecule has 1 aromatic rings. The average Bonchev–Trinajstić information content (AvgIpc) is 2.27. The van der Waals surface area contributed by atoms with Gasteiger partial charge in [0.1, 0.15) is 20.7 Å². The monoisotopic (exact) mass is 330 g/mol. The quantitative estimate of drug-likeness (QED) is 0.477. The van der Waals surface area contributed by atoms with E-state index in [0.29, 0.717) is 0 Å². The molecule has 0 N–H and O–H groups in total. The van der Waals surface area contributed by atoms with E-state index in [2.05, 4.69) is 32.2 Å². The fourth-order valence-corrected chi connectivity index (χ4v) is 2.33. The van der Waals surface area contributed by atoms with Crippen molar-refractivity contribution in [2.45, 2.75) is 45.3 Å². The second kappa shape index (κ2) is 6.68. The van der Waals surface area contributed by atoms with Crippen molar-refractivity contribution >= 4 is 33.0 Å². The summed E-state index contributed by atoms with van der Waals surface area (Å²) in [5.74, 6) is 0. The Morgan fingerprint density at radius 2 is 2.17 bits per heavy atom. The van der Waals surface area contributed by atoms with Gasteiger partial charge < -0.3 is 4.55 Å². The third kappa shape index (κ3) is 4.71. The van der Waals surface area contributed by atoms with Gasteiger partial charge >= 0.3 is 0 Å².